The highest BCUT2D eigenvalue weighted by Crippen LogP contribution is 2.31. The third-order valence-corrected chi connectivity index (χ3v) is 4.07. The topological polar surface area (TPSA) is 49.3 Å². The molecule has 1 aliphatic rings. The first-order valence-electron chi connectivity index (χ1n) is 6.45. The molecule has 1 aromatic carbocycles. The molecule has 104 valence electrons. The van der Waals surface area contributed by atoms with E-state index < -0.39 is 5.97 Å². The van der Waals surface area contributed by atoms with E-state index in [1.807, 2.05) is 12.1 Å². The van der Waals surface area contributed by atoms with Gasteiger partial charge in [-0.3, -0.25) is 4.79 Å². The van der Waals surface area contributed by atoms with Gasteiger partial charge in [0.25, 0.3) is 0 Å². The predicted molar refractivity (Wildman–Crippen MR) is 76.6 cm³/mol. The summed E-state index contributed by atoms with van der Waals surface area (Å²) < 4.78 is 0. The highest BCUT2D eigenvalue weighted by atomic mass is 35.5. The Kier molecular flexibility index (Phi) is 5.08. The summed E-state index contributed by atoms with van der Waals surface area (Å²) in [7, 11) is 0. The number of carboxylic acids is 1. The third-order valence-electron chi connectivity index (χ3n) is 3.63. The summed E-state index contributed by atoms with van der Waals surface area (Å²) in [5.41, 5.74) is 1.02. The molecule has 2 N–H and O–H groups in total. The van der Waals surface area contributed by atoms with Crippen molar-refractivity contribution in [1.82, 2.24) is 5.32 Å². The number of benzene rings is 1. The first-order chi connectivity index (χ1) is 9.06. The third kappa shape index (κ3) is 4.10. The lowest BCUT2D eigenvalue weighted by atomic mass is 9.96. The number of carbonyl (C=O) groups is 1. The van der Waals surface area contributed by atoms with Crippen molar-refractivity contribution < 1.29 is 9.90 Å². The molecule has 0 spiro atoms. The predicted octanol–water partition coefficient (Wildman–Crippen LogP) is 3.58. The monoisotopic (exact) mass is 301 g/mol. The zero-order chi connectivity index (χ0) is 13.8. The van der Waals surface area contributed by atoms with Crippen molar-refractivity contribution >= 4 is 29.2 Å². The fourth-order valence-corrected chi connectivity index (χ4v) is 3.29. The molecule has 19 heavy (non-hydrogen) atoms. The number of nitrogens with one attached hydrogen (secondary N) is 1. The van der Waals surface area contributed by atoms with Crippen LogP contribution in [-0.4, -0.2) is 17.6 Å². The molecular weight excluding hydrogens is 285 g/mol. The maximum atomic E-state index is 11.1. The molecule has 0 bridgehead atoms. The lowest BCUT2D eigenvalue weighted by molar-refractivity contribution is -0.142. The van der Waals surface area contributed by atoms with Gasteiger partial charge in [0.05, 0.1) is 5.92 Å². The molecule has 0 radical (unpaired) electrons. The van der Waals surface area contributed by atoms with Gasteiger partial charge >= 0.3 is 5.97 Å². The molecule has 0 amide bonds. The van der Waals surface area contributed by atoms with E-state index in [0.29, 0.717) is 16.6 Å². The van der Waals surface area contributed by atoms with Crippen LogP contribution >= 0.6 is 23.2 Å². The second kappa shape index (κ2) is 6.60. The Labute approximate surface area is 122 Å². The van der Waals surface area contributed by atoms with Gasteiger partial charge in [0.1, 0.15) is 0 Å². The van der Waals surface area contributed by atoms with Crippen LogP contribution in [0.15, 0.2) is 18.2 Å². The molecule has 1 fully saturated rings. The van der Waals surface area contributed by atoms with Gasteiger partial charge in [-0.25, -0.2) is 0 Å². The fraction of sp³-hybridized carbons (Fsp3) is 0.500. The Balaban J connectivity index is 1.84. The second-order valence-corrected chi connectivity index (χ2v) is 5.92. The normalized spacial score (nSPS) is 22.6. The average molecular weight is 302 g/mol. The summed E-state index contributed by atoms with van der Waals surface area (Å²) >= 11 is 11.9. The second-order valence-electron chi connectivity index (χ2n) is 5.04. The quantitative estimate of drug-likeness (QED) is 0.874. The summed E-state index contributed by atoms with van der Waals surface area (Å²) in [5, 5.41) is 13.7. The van der Waals surface area contributed by atoms with Crippen molar-refractivity contribution in [2.45, 2.75) is 25.8 Å². The largest absolute Gasteiger partial charge is 0.481 e. The number of aliphatic carboxylic acids is 1. The molecule has 2 atom stereocenters. The van der Waals surface area contributed by atoms with Gasteiger partial charge in [-0.2, -0.15) is 0 Å². The first-order valence-corrected chi connectivity index (χ1v) is 7.20. The Bertz CT molecular complexity index is 445. The van der Waals surface area contributed by atoms with Gasteiger partial charge in [0, 0.05) is 16.6 Å². The summed E-state index contributed by atoms with van der Waals surface area (Å²) in [6.45, 7) is 1.38. The minimum Gasteiger partial charge on any atom is -0.481 e. The van der Waals surface area contributed by atoms with Gasteiger partial charge in [0.2, 0.25) is 0 Å². The van der Waals surface area contributed by atoms with Crippen molar-refractivity contribution in [2.75, 3.05) is 6.54 Å². The summed E-state index contributed by atoms with van der Waals surface area (Å²) in [5.74, 6) is -0.641. The van der Waals surface area contributed by atoms with Crippen LogP contribution in [0.1, 0.15) is 24.8 Å². The van der Waals surface area contributed by atoms with E-state index in [1.54, 1.807) is 6.07 Å². The molecule has 1 aromatic rings. The highest BCUT2D eigenvalue weighted by Gasteiger charge is 2.32. The first kappa shape index (κ1) is 14.6. The van der Waals surface area contributed by atoms with Crippen LogP contribution in [0.3, 0.4) is 0 Å². The number of rotatable bonds is 5. The van der Waals surface area contributed by atoms with Crippen LogP contribution < -0.4 is 5.32 Å². The van der Waals surface area contributed by atoms with Crippen molar-refractivity contribution in [3.8, 4) is 0 Å². The molecule has 2 rings (SSSR count). The Hall–Kier alpha value is -0.770. The van der Waals surface area contributed by atoms with E-state index in [2.05, 4.69) is 5.32 Å². The number of hydrogen-bond acceptors (Lipinski definition) is 2. The van der Waals surface area contributed by atoms with Crippen LogP contribution in [-0.2, 0) is 11.3 Å². The zero-order valence-electron chi connectivity index (χ0n) is 10.5. The van der Waals surface area contributed by atoms with Crippen molar-refractivity contribution in [3.05, 3.63) is 33.8 Å². The Morgan fingerprint density at radius 3 is 2.58 bits per heavy atom. The van der Waals surface area contributed by atoms with E-state index in [0.717, 1.165) is 31.4 Å². The zero-order valence-corrected chi connectivity index (χ0v) is 12.0. The molecule has 0 aromatic heterocycles. The lowest BCUT2D eigenvalue weighted by Gasteiger charge is -2.16. The minimum absolute atomic E-state index is 0.199. The molecule has 1 aliphatic carbocycles. The standard InChI is InChI=1S/C14H17Cl2NO2/c15-11-4-9(5-12(16)6-11)7-17-8-10-2-1-3-13(10)14(18)19/h4-6,10,13,17H,1-3,7-8H2,(H,18,19). The smallest absolute Gasteiger partial charge is 0.306 e. The van der Waals surface area contributed by atoms with Crippen molar-refractivity contribution in [3.63, 3.8) is 0 Å². The van der Waals surface area contributed by atoms with Crippen LogP contribution in [0.4, 0.5) is 0 Å². The maximum Gasteiger partial charge on any atom is 0.306 e. The summed E-state index contributed by atoms with van der Waals surface area (Å²) in [6.07, 6.45) is 2.79. The van der Waals surface area contributed by atoms with E-state index in [4.69, 9.17) is 28.3 Å². The van der Waals surface area contributed by atoms with Gasteiger partial charge in [-0.15, -0.1) is 0 Å². The molecule has 2 unspecified atom stereocenters. The van der Waals surface area contributed by atoms with Crippen LogP contribution in [0, 0.1) is 11.8 Å². The van der Waals surface area contributed by atoms with Crippen LogP contribution in [0.2, 0.25) is 10.0 Å². The van der Waals surface area contributed by atoms with E-state index in [1.165, 1.54) is 0 Å². The molecule has 0 heterocycles. The van der Waals surface area contributed by atoms with Crippen LogP contribution in [0.5, 0.6) is 0 Å². The fourth-order valence-electron chi connectivity index (χ4n) is 2.72. The molecule has 3 nitrogen and oxygen atoms in total. The van der Waals surface area contributed by atoms with Crippen LogP contribution in [0.25, 0.3) is 0 Å². The number of halogens is 2. The summed E-state index contributed by atoms with van der Waals surface area (Å²) in [4.78, 5) is 11.1. The van der Waals surface area contributed by atoms with Crippen molar-refractivity contribution in [1.29, 1.82) is 0 Å². The van der Waals surface area contributed by atoms with Crippen molar-refractivity contribution in [2.24, 2.45) is 11.8 Å². The average Bonchev–Trinajstić information content (AvgIpc) is 2.76. The minimum atomic E-state index is -0.671. The molecule has 1 saturated carbocycles. The Morgan fingerprint density at radius 2 is 1.95 bits per heavy atom. The lowest BCUT2D eigenvalue weighted by Crippen LogP contribution is -2.28. The van der Waals surface area contributed by atoms with Gasteiger partial charge in [-0.05, 0) is 49.1 Å². The molecule has 0 aliphatic heterocycles. The van der Waals surface area contributed by atoms with E-state index in [-0.39, 0.29) is 11.8 Å². The molecular formula is C14H17Cl2NO2. The van der Waals surface area contributed by atoms with Gasteiger partial charge in [-0.1, -0.05) is 29.6 Å². The van der Waals surface area contributed by atoms with Gasteiger partial charge < -0.3 is 10.4 Å². The number of carboxylic acid groups (broad SMARTS) is 1. The Morgan fingerprint density at radius 1 is 1.26 bits per heavy atom. The number of hydrogen-bond donors (Lipinski definition) is 2. The summed E-state index contributed by atoms with van der Waals surface area (Å²) in [6, 6.07) is 5.43. The molecule has 5 heteroatoms. The maximum absolute atomic E-state index is 11.1. The van der Waals surface area contributed by atoms with E-state index >= 15 is 0 Å². The highest BCUT2D eigenvalue weighted by molar-refractivity contribution is 6.34. The SMILES string of the molecule is O=C(O)C1CCCC1CNCc1cc(Cl)cc(Cl)c1. The van der Waals surface area contributed by atoms with E-state index in [9.17, 15) is 4.79 Å². The molecule has 0 saturated heterocycles. The van der Waals surface area contributed by atoms with Gasteiger partial charge in [0.15, 0.2) is 0 Å².